The van der Waals surface area contributed by atoms with Gasteiger partial charge in [0.05, 0.1) is 15.5 Å². The van der Waals surface area contributed by atoms with Gasteiger partial charge < -0.3 is 0 Å². The van der Waals surface area contributed by atoms with E-state index < -0.39 is 4.92 Å². The predicted molar refractivity (Wildman–Crippen MR) is 81.8 cm³/mol. The zero-order valence-corrected chi connectivity index (χ0v) is 12.3. The highest BCUT2D eigenvalue weighted by Crippen LogP contribution is 2.19. The molecule has 2 aromatic rings. The van der Waals surface area contributed by atoms with Crippen LogP contribution in [0.4, 0.5) is 5.69 Å². The summed E-state index contributed by atoms with van der Waals surface area (Å²) in [6.45, 7) is 3.36. The molecule has 2 rings (SSSR count). The van der Waals surface area contributed by atoms with Crippen LogP contribution in [0.1, 0.15) is 27.7 Å². The molecule has 0 bridgehead atoms. The lowest BCUT2D eigenvalue weighted by Gasteiger charge is -2.03. The van der Waals surface area contributed by atoms with Gasteiger partial charge in [0.1, 0.15) is 0 Å². The van der Waals surface area contributed by atoms with Gasteiger partial charge in [-0.15, -0.1) is 11.3 Å². The molecule has 0 aliphatic heterocycles. The number of amides is 1. The lowest BCUT2D eigenvalue weighted by atomic mass is 10.1. The van der Waals surface area contributed by atoms with Gasteiger partial charge in [-0.05, 0) is 25.3 Å². The fraction of sp³-hybridized carbons (Fsp3) is 0.143. The van der Waals surface area contributed by atoms with Crippen LogP contribution in [-0.4, -0.2) is 16.5 Å². The number of benzene rings is 1. The lowest BCUT2D eigenvalue weighted by molar-refractivity contribution is -0.385. The molecule has 108 valence electrons. The predicted octanol–water partition coefficient (Wildman–Crippen LogP) is 3.12. The fourth-order valence-electron chi connectivity index (χ4n) is 1.69. The minimum Gasteiger partial charge on any atom is -0.266 e. The number of carbonyl (C=O) groups is 1. The highest BCUT2D eigenvalue weighted by atomic mass is 32.1. The minimum absolute atomic E-state index is 0.0339. The van der Waals surface area contributed by atoms with Gasteiger partial charge in [-0.3, -0.25) is 14.9 Å². The van der Waals surface area contributed by atoms with Gasteiger partial charge in [0, 0.05) is 17.2 Å². The number of nitro groups is 1. The number of aryl methyl sites for hydroxylation is 1. The summed E-state index contributed by atoms with van der Waals surface area (Å²) in [6.07, 6.45) is 0. The number of nitro benzene ring substituents is 1. The molecular formula is C14H13N3O3S. The van der Waals surface area contributed by atoms with E-state index in [1.165, 1.54) is 17.4 Å². The second-order valence-electron chi connectivity index (χ2n) is 4.37. The molecule has 0 aliphatic carbocycles. The largest absolute Gasteiger partial charge is 0.281 e. The van der Waals surface area contributed by atoms with E-state index in [1.807, 2.05) is 0 Å². The zero-order valence-electron chi connectivity index (χ0n) is 11.5. The zero-order chi connectivity index (χ0) is 15.4. The molecule has 0 spiro atoms. The maximum Gasteiger partial charge on any atom is 0.281 e. The van der Waals surface area contributed by atoms with Gasteiger partial charge in [0.15, 0.2) is 0 Å². The third kappa shape index (κ3) is 3.51. The van der Waals surface area contributed by atoms with E-state index in [2.05, 4.69) is 10.5 Å². The average Bonchev–Trinajstić information content (AvgIpc) is 2.98. The molecule has 0 saturated heterocycles. The minimum atomic E-state index is -0.434. The van der Waals surface area contributed by atoms with Crippen molar-refractivity contribution in [3.05, 3.63) is 61.8 Å². The van der Waals surface area contributed by atoms with Crippen molar-refractivity contribution in [2.45, 2.75) is 13.8 Å². The molecule has 1 aromatic heterocycles. The molecule has 1 aromatic carbocycles. The van der Waals surface area contributed by atoms with Crippen LogP contribution >= 0.6 is 11.3 Å². The van der Waals surface area contributed by atoms with Crippen LogP contribution in [0.15, 0.2) is 40.8 Å². The van der Waals surface area contributed by atoms with Crippen molar-refractivity contribution in [3.8, 4) is 0 Å². The number of thiophene rings is 1. The SMILES string of the molecule is CC(=NNC(=O)c1cccs1)c1ccc(C)c([N+](=O)[O-])c1. The van der Waals surface area contributed by atoms with E-state index in [4.69, 9.17) is 0 Å². The maximum atomic E-state index is 11.8. The Hall–Kier alpha value is -2.54. The molecule has 1 N–H and O–H groups in total. The Bertz CT molecular complexity index is 708. The summed E-state index contributed by atoms with van der Waals surface area (Å²) >= 11 is 1.32. The summed E-state index contributed by atoms with van der Waals surface area (Å²) in [6, 6.07) is 8.32. The highest BCUT2D eigenvalue weighted by Gasteiger charge is 2.12. The van der Waals surface area contributed by atoms with E-state index in [1.54, 1.807) is 43.5 Å². The van der Waals surface area contributed by atoms with E-state index in [-0.39, 0.29) is 11.6 Å². The fourth-order valence-corrected chi connectivity index (χ4v) is 2.31. The number of hydrogen-bond acceptors (Lipinski definition) is 5. The number of nitrogens with one attached hydrogen (secondary N) is 1. The van der Waals surface area contributed by atoms with Crippen LogP contribution in [-0.2, 0) is 0 Å². The normalized spacial score (nSPS) is 11.2. The smallest absolute Gasteiger partial charge is 0.266 e. The number of nitrogens with zero attached hydrogens (tertiary/aromatic N) is 2. The van der Waals surface area contributed by atoms with Gasteiger partial charge in [-0.25, -0.2) is 5.43 Å². The molecule has 0 fully saturated rings. The quantitative estimate of drug-likeness (QED) is 0.535. The topological polar surface area (TPSA) is 84.6 Å². The maximum absolute atomic E-state index is 11.8. The van der Waals surface area contributed by atoms with Crippen LogP contribution < -0.4 is 5.43 Å². The Balaban J connectivity index is 2.18. The first-order valence-corrected chi connectivity index (χ1v) is 7.00. The third-order valence-electron chi connectivity index (χ3n) is 2.89. The van der Waals surface area contributed by atoms with Gasteiger partial charge in [0.2, 0.25) is 0 Å². The second-order valence-corrected chi connectivity index (χ2v) is 5.32. The summed E-state index contributed by atoms with van der Waals surface area (Å²) in [5, 5.41) is 16.7. The summed E-state index contributed by atoms with van der Waals surface area (Å²) < 4.78 is 0. The standard InChI is InChI=1S/C14H13N3O3S/c1-9-5-6-11(8-12(9)17(19)20)10(2)15-16-14(18)13-4-3-7-21-13/h3-8H,1-2H3,(H,16,18). The first kappa shape index (κ1) is 14.9. The van der Waals surface area contributed by atoms with Crippen molar-refractivity contribution in [1.29, 1.82) is 0 Å². The molecule has 1 amide bonds. The number of carbonyl (C=O) groups excluding carboxylic acids is 1. The number of hydrogen-bond donors (Lipinski definition) is 1. The van der Waals surface area contributed by atoms with Crippen molar-refractivity contribution >= 4 is 28.6 Å². The molecule has 0 unspecified atom stereocenters. The van der Waals surface area contributed by atoms with Crippen LogP contribution in [0.5, 0.6) is 0 Å². The van der Waals surface area contributed by atoms with Crippen molar-refractivity contribution < 1.29 is 9.72 Å². The Morgan fingerprint density at radius 2 is 2.14 bits per heavy atom. The van der Waals surface area contributed by atoms with E-state index in [9.17, 15) is 14.9 Å². The van der Waals surface area contributed by atoms with Crippen molar-refractivity contribution in [1.82, 2.24) is 5.43 Å². The van der Waals surface area contributed by atoms with E-state index in [0.717, 1.165) is 0 Å². The Kier molecular flexibility index (Phi) is 4.44. The summed E-state index contributed by atoms with van der Waals surface area (Å²) in [5.41, 5.74) is 4.15. The first-order chi connectivity index (χ1) is 9.99. The van der Waals surface area contributed by atoms with Crippen LogP contribution in [0.3, 0.4) is 0 Å². The molecule has 6 nitrogen and oxygen atoms in total. The second kappa shape index (κ2) is 6.27. The number of rotatable bonds is 4. The molecule has 21 heavy (non-hydrogen) atoms. The highest BCUT2D eigenvalue weighted by molar-refractivity contribution is 7.12. The number of hydrazone groups is 1. The van der Waals surface area contributed by atoms with Gasteiger partial charge in [0.25, 0.3) is 11.6 Å². The average molecular weight is 303 g/mol. The third-order valence-corrected chi connectivity index (χ3v) is 3.76. The Labute approximate surface area is 125 Å². The van der Waals surface area contributed by atoms with Gasteiger partial charge >= 0.3 is 0 Å². The summed E-state index contributed by atoms with van der Waals surface area (Å²) in [7, 11) is 0. The summed E-state index contributed by atoms with van der Waals surface area (Å²) in [5.74, 6) is -0.300. The van der Waals surface area contributed by atoms with Crippen molar-refractivity contribution in [2.24, 2.45) is 5.10 Å². The summed E-state index contributed by atoms with van der Waals surface area (Å²) in [4.78, 5) is 22.8. The van der Waals surface area contributed by atoms with E-state index >= 15 is 0 Å². The molecule has 0 saturated carbocycles. The lowest BCUT2D eigenvalue weighted by Crippen LogP contribution is -2.18. The molecular weight excluding hydrogens is 290 g/mol. The molecule has 0 atom stereocenters. The monoisotopic (exact) mass is 303 g/mol. The molecule has 0 aliphatic rings. The van der Waals surface area contributed by atoms with E-state index in [0.29, 0.717) is 21.7 Å². The molecule has 0 radical (unpaired) electrons. The Morgan fingerprint density at radius 3 is 2.76 bits per heavy atom. The van der Waals surface area contributed by atoms with Crippen LogP contribution in [0.2, 0.25) is 0 Å². The van der Waals surface area contributed by atoms with Crippen molar-refractivity contribution in [3.63, 3.8) is 0 Å². The van der Waals surface area contributed by atoms with Crippen LogP contribution in [0, 0.1) is 17.0 Å². The van der Waals surface area contributed by atoms with Crippen LogP contribution in [0.25, 0.3) is 0 Å². The first-order valence-electron chi connectivity index (χ1n) is 6.12. The molecule has 7 heteroatoms. The van der Waals surface area contributed by atoms with Gasteiger partial charge in [-0.2, -0.15) is 5.10 Å². The van der Waals surface area contributed by atoms with Gasteiger partial charge in [-0.1, -0.05) is 18.2 Å². The van der Waals surface area contributed by atoms with Crippen molar-refractivity contribution in [2.75, 3.05) is 0 Å². The molecule has 1 heterocycles. The Morgan fingerprint density at radius 1 is 1.38 bits per heavy atom.